The molecule has 1 unspecified atom stereocenters. The van der Waals surface area contributed by atoms with E-state index in [1.165, 1.54) is 6.20 Å². The number of hydrogen-bond acceptors (Lipinski definition) is 5. The van der Waals surface area contributed by atoms with E-state index in [0.29, 0.717) is 12.0 Å². The summed E-state index contributed by atoms with van der Waals surface area (Å²) in [6, 6.07) is 7.18. The molecule has 4 nitrogen and oxygen atoms in total. The van der Waals surface area contributed by atoms with E-state index in [2.05, 4.69) is 15.7 Å². The average Bonchev–Trinajstić information content (AvgIpc) is 3.24. The van der Waals surface area contributed by atoms with Crippen LogP contribution in [0.2, 0.25) is 0 Å². The second-order valence-electron chi connectivity index (χ2n) is 7.39. The molecule has 3 aromatic rings. The standard InChI is InChI=1S/C20H21FN2O2S3/c1-20(2,3)16(23-19(24)25)10-13-9-15(14-5-4-7-22-17(14)21)18(28-13)27-12-6-8-26-11-12/h4-9,11,16,23H,10H2,1-3H3,(H,24,25). The molecule has 0 aromatic carbocycles. The van der Waals surface area contributed by atoms with Gasteiger partial charge in [0, 0.05) is 44.9 Å². The fraction of sp³-hybridized carbons (Fsp3) is 0.300. The van der Waals surface area contributed by atoms with Gasteiger partial charge in [0.25, 0.3) is 0 Å². The first-order chi connectivity index (χ1) is 13.2. The molecule has 0 aliphatic carbocycles. The Labute approximate surface area is 175 Å². The molecule has 148 valence electrons. The fourth-order valence-corrected chi connectivity index (χ4v) is 6.03. The van der Waals surface area contributed by atoms with Gasteiger partial charge in [-0.25, -0.2) is 9.78 Å². The zero-order valence-electron chi connectivity index (χ0n) is 15.7. The molecule has 0 saturated carbocycles. The molecular weight excluding hydrogens is 415 g/mol. The molecule has 0 saturated heterocycles. The Morgan fingerprint density at radius 3 is 2.75 bits per heavy atom. The van der Waals surface area contributed by atoms with Crippen LogP contribution in [0.5, 0.6) is 0 Å². The van der Waals surface area contributed by atoms with Crippen molar-refractivity contribution in [3.8, 4) is 11.1 Å². The van der Waals surface area contributed by atoms with E-state index < -0.39 is 12.0 Å². The SMILES string of the molecule is CC(C)(C)C(Cc1cc(-c2cccnc2F)c(Sc2ccsc2)s1)NC(=O)O. The van der Waals surface area contributed by atoms with Crippen molar-refractivity contribution in [2.75, 3.05) is 0 Å². The summed E-state index contributed by atoms with van der Waals surface area (Å²) in [7, 11) is 0. The lowest BCUT2D eigenvalue weighted by Crippen LogP contribution is -2.44. The molecule has 0 radical (unpaired) electrons. The number of nitrogens with one attached hydrogen (secondary N) is 1. The van der Waals surface area contributed by atoms with Gasteiger partial charge in [-0.1, -0.05) is 32.5 Å². The monoisotopic (exact) mass is 436 g/mol. The largest absolute Gasteiger partial charge is 0.465 e. The van der Waals surface area contributed by atoms with Gasteiger partial charge in [-0.3, -0.25) is 0 Å². The summed E-state index contributed by atoms with van der Waals surface area (Å²) in [6.07, 6.45) is 0.937. The van der Waals surface area contributed by atoms with Crippen LogP contribution in [0.1, 0.15) is 25.6 Å². The van der Waals surface area contributed by atoms with Gasteiger partial charge in [-0.15, -0.1) is 11.3 Å². The van der Waals surface area contributed by atoms with Crippen LogP contribution >= 0.6 is 34.4 Å². The molecule has 0 spiro atoms. The van der Waals surface area contributed by atoms with Gasteiger partial charge >= 0.3 is 6.09 Å². The van der Waals surface area contributed by atoms with Gasteiger partial charge in [-0.05, 0) is 35.1 Å². The fourth-order valence-electron chi connectivity index (χ4n) is 2.72. The van der Waals surface area contributed by atoms with Crippen molar-refractivity contribution in [2.45, 2.75) is 42.3 Å². The van der Waals surface area contributed by atoms with Crippen LogP contribution in [0.4, 0.5) is 9.18 Å². The van der Waals surface area contributed by atoms with E-state index in [9.17, 15) is 14.3 Å². The lowest BCUT2D eigenvalue weighted by atomic mass is 9.84. The molecule has 2 N–H and O–H groups in total. The molecule has 0 fully saturated rings. The quantitative estimate of drug-likeness (QED) is 0.440. The number of carboxylic acid groups (broad SMARTS) is 1. The van der Waals surface area contributed by atoms with Crippen molar-refractivity contribution in [1.82, 2.24) is 10.3 Å². The van der Waals surface area contributed by atoms with Crippen LogP contribution in [-0.4, -0.2) is 22.2 Å². The Kier molecular flexibility index (Phi) is 6.42. The maximum Gasteiger partial charge on any atom is 0.404 e. The van der Waals surface area contributed by atoms with Gasteiger partial charge in [0.05, 0.1) is 4.21 Å². The molecule has 3 heterocycles. The molecule has 1 amide bonds. The molecule has 1 atom stereocenters. The first kappa shape index (κ1) is 20.8. The molecule has 3 rings (SSSR count). The second kappa shape index (κ2) is 8.63. The topological polar surface area (TPSA) is 62.2 Å². The van der Waals surface area contributed by atoms with Gasteiger partial charge in [0.15, 0.2) is 0 Å². The van der Waals surface area contributed by atoms with Crippen LogP contribution < -0.4 is 5.32 Å². The molecule has 3 aromatic heterocycles. The summed E-state index contributed by atoms with van der Waals surface area (Å²) < 4.78 is 15.3. The van der Waals surface area contributed by atoms with E-state index in [1.54, 1.807) is 46.6 Å². The predicted molar refractivity (Wildman–Crippen MR) is 114 cm³/mol. The highest BCUT2D eigenvalue weighted by Crippen LogP contribution is 2.44. The summed E-state index contributed by atoms with van der Waals surface area (Å²) in [5.74, 6) is -0.505. The minimum absolute atomic E-state index is 0.247. The van der Waals surface area contributed by atoms with E-state index in [4.69, 9.17) is 0 Å². The number of amides is 1. The Bertz CT molecular complexity index is 949. The Hall–Kier alpha value is -1.90. The predicted octanol–water partition coefficient (Wildman–Crippen LogP) is 6.39. The Balaban J connectivity index is 1.98. The normalized spacial score (nSPS) is 12.7. The molecule has 0 aliphatic heterocycles. The molecule has 0 bridgehead atoms. The van der Waals surface area contributed by atoms with Crippen LogP contribution in [0.15, 0.2) is 50.3 Å². The maximum atomic E-state index is 14.4. The summed E-state index contributed by atoms with van der Waals surface area (Å²) in [4.78, 5) is 17.1. The molecule has 8 heteroatoms. The lowest BCUT2D eigenvalue weighted by Gasteiger charge is -2.30. The molecule has 0 aliphatic rings. The van der Waals surface area contributed by atoms with Gasteiger partial charge < -0.3 is 10.4 Å². The number of pyridine rings is 1. The Morgan fingerprint density at radius 1 is 1.36 bits per heavy atom. The summed E-state index contributed by atoms with van der Waals surface area (Å²) in [5, 5.41) is 15.9. The minimum atomic E-state index is -1.04. The minimum Gasteiger partial charge on any atom is -0.465 e. The Morgan fingerprint density at radius 2 is 2.14 bits per heavy atom. The van der Waals surface area contributed by atoms with Crippen molar-refractivity contribution in [1.29, 1.82) is 0 Å². The number of halogens is 1. The molecule has 28 heavy (non-hydrogen) atoms. The number of carbonyl (C=O) groups is 1. The van der Waals surface area contributed by atoms with Crippen molar-refractivity contribution in [3.63, 3.8) is 0 Å². The van der Waals surface area contributed by atoms with Crippen LogP contribution in [0.25, 0.3) is 11.1 Å². The maximum absolute atomic E-state index is 14.4. The van der Waals surface area contributed by atoms with Crippen molar-refractivity contribution in [2.24, 2.45) is 5.41 Å². The van der Waals surface area contributed by atoms with E-state index in [-0.39, 0.29) is 11.5 Å². The average molecular weight is 437 g/mol. The third-order valence-electron chi connectivity index (χ3n) is 4.25. The number of nitrogens with zero attached hydrogens (tertiary/aromatic N) is 1. The van der Waals surface area contributed by atoms with Crippen molar-refractivity contribution < 1.29 is 14.3 Å². The van der Waals surface area contributed by atoms with E-state index >= 15 is 0 Å². The summed E-state index contributed by atoms with van der Waals surface area (Å²) in [6.45, 7) is 6.01. The van der Waals surface area contributed by atoms with Crippen LogP contribution in [-0.2, 0) is 6.42 Å². The number of aromatic nitrogens is 1. The highest BCUT2D eigenvalue weighted by atomic mass is 32.2. The van der Waals surface area contributed by atoms with Gasteiger partial charge in [-0.2, -0.15) is 15.7 Å². The first-order valence-corrected chi connectivity index (χ1v) is 11.2. The smallest absolute Gasteiger partial charge is 0.404 e. The van der Waals surface area contributed by atoms with Crippen LogP contribution in [0.3, 0.4) is 0 Å². The van der Waals surface area contributed by atoms with Gasteiger partial charge in [0.1, 0.15) is 0 Å². The number of thiophene rings is 2. The zero-order chi connectivity index (χ0) is 20.3. The number of rotatable bonds is 6. The summed E-state index contributed by atoms with van der Waals surface area (Å²) in [5.41, 5.74) is 1.01. The van der Waals surface area contributed by atoms with Crippen LogP contribution in [0, 0.1) is 11.4 Å². The second-order valence-corrected chi connectivity index (χ2v) is 10.6. The van der Waals surface area contributed by atoms with Crippen molar-refractivity contribution in [3.05, 3.63) is 52.0 Å². The third kappa shape index (κ3) is 5.12. The third-order valence-corrected chi connectivity index (χ3v) is 7.43. The molecular formula is C20H21FN2O2S3. The lowest BCUT2D eigenvalue weighted by molar-refractivity contribution is 0.174. The zero-order valence-corrected chi connectivity index (χ0v) is 18.2. The highest BCUT2D eigenvalue weighted by molar-refractivity contribution is 8.01. The van der Waals surface area contributed by atoms with E-state index in [0.717, 1.165) is 19.5 Å². The van der Waals surface area contributed by atoms with Gasteiger partial charge in [0.2, 0.25) is 5.95 Å². The van der Waals surface area contributed by atoms with E-state index in [1.807, 2.05) is 38.3 Å². The van der Waals surface area contributed by atoms with Crippen molar-refractivity contribution >= 4 is 40.5 Å². The summed E-state index contributed by atoms with van der Waals surface area (Å²) >= 11 is 4.78. The first-order valence-electron chi connectivity index (χ1n) is 8.67. The highest BCUT2D eigenvalue weighted by Gasteiger charge is 2.28. The number of hydrogen-bond donors (Lipinski definition) is 2.